The molecule has 6 heteroatoms. The van der Waals surface area contributed by atoms with Crippen molar-refractivity contribution in [2.45, 2.75) is 6.42 Å². The van der Waals surface area contributed by atoms with Gasteiger partial charge in [0.25, 0.3) is 5.91 Å². The van der Waals surface area contributed by atoms with Crippen LogP contribution in [0.4, 0.5) is 0 Å². The number of aromatic nitrogens is 1. The molecule has 0 unspecified atom stereocenters. The van der Waals surface area contributed by atoms with Crippen LogP contribution in [0.1, 0.15) is 16.8 Å². The highest BCUT2D eigenvalue weighted by Crippen LogP contribution is 2.04. The largest absolute Gasteiger partial charge is 0.337 e. The third-order valence-corrected chi connectivity index (χ3v) is 2.54. The Morgan fingerprint density at radius 2 is 2.12 bits per heavy atom. The van der Waals surface area contributed by atoms with E-state index in [1.54, 1.807) is 18.5 Å². The minimum atomic E-state index is 0. The molecule has 1 saturated heterocycles. The average Bonchev–Trinajstić information content (AvgIpc) is 2.58. The molecule has 96 valence electrons. The maximum Gasteiger partial charge on any atom is 0.255 e. The SMILES string of the molecule is Cl.Cl.O=C(c1cccnc1)N1CCCNCC1. The molecular weight excluding hydrogens is 261 g/mol. The Kier molecular flexibility index (Phi) is 7.87. The van der Waals surface area contributed by atoms with E-state index in [9.17, 15) is 4.79 Å². The van der Waals surface area contributed by atoms with Crippen molar-refractivity contribution in [3.8, 4) is 0 Å². The summed E-state index contributed by atoms with van der Waals surface area (Å²) in [7, 11) is 0. The number of hydrogen-bond acceptors (Lipinski definition) is 3. The summed E-state index contributed by atoms with van der Waals surface area (Å²) < 4.78 is 0. The molecule has 0 atom stereocenters. The van der Waals surface area contributed by atoms with Crippen LogP contribution in [0.3, 0.4) is 0 Å². The Labute approximate surface area is 114 Å². The molecule has 2 rings (SSSR count). The number of nitrogens with zero attached hydrogens (tertiary/aromatic N) is 2. The third kappa shape index (κ3) is 4.50. The van der Waals surface area contributed by atoms with Gasteiger partial charge in [0.2, 0.25) is 0 Å². The Bertz CT molecular complexity index is 327. The Balaban J connectivity index is 0.00000128. The van der Waals surface area contributed by atoms with Gasteiger partial charge in [-0.1, -0.05) is 0 Å². The van der Waals surface area contributed by atoms with E-state index in [-0.39, 0.29) is 30.7 Å². The van der Waals surface area contributed by atoms with Crippen LogP contribution >= 0.6 is 24.8 Å². The van der Waals surface area contributed by atoms with Crippen LogP contribution in [0.2, 0.25) is 0 Å². The van der Waals surface area contributed by atoms with Crippen molar-refractivity contribution >= 4 is 30.7 Å². The maximum absolute atomic E-state index is 12.0. The number of carbonyl (C=O) groups is 1. The number of nitrogens with one attached hydrogen (secondary N) is 1. The van der Waals surface area contributed by atoms with Crippen molar-refractivity contribution in [3.05, 3.63) is 30.1 Å². The lowest BCUT2D eigenvalue weighted by atomic mass is 10.2. The zero-order chi connectivity index (χ0) is 10.5. The molecule has 1 aliphatic heterocycles. The van der Waals surface area contributed by atoms with Gasteiger partial charge in [-0.2, -0.15) is 0 Å². The molecule has 2 heterocycles. The summed E-state index contributed by atoms with van der Waals surface area (Å²) in [5.41, 5.74) is 0.680. The van der Waals surface area contributed by atoms with Crippen molar-refractivity contribution in [1.82, 2.24) is 15.2 Å². The number of carbonyl (C=O) groups excluding carboxylic acids is 1. The monoisotopic (exact) mass is 277 g/mol. The van der Waals surface area contributed by atoms with Crippen LogP contribution in [0.15, 0.2) is 24.5 Å². The average molecular weight is 278 g/mol. The zero-order valence-electron chi connectivity index (χ0n) is 9.46. The van der Waals surface area contributed by atoms with Crippen LogP contribution in [0.5, 0.6) is 0 Å². The molecule has 0 bridgehead atoms. The molecule has 0 aliphatic carbocycles. The summed E-state index contributed by atoms with van der Waals surface area (Å²) in [5, 5.41) is 3.27. The predicted molar refractivity (Wildman–Crippen MR) is 72.1 cm³/mol. The van der Waals surface area contributed by atoms with Crippen molar-refractivity contribution < 1.29 is 4.79 Å². The Hall–Kier alpha value is -0.840. The minimum absolute atomic E-state index is 0. The molecule has 1 N–H and O–H groups in total. The van der Waals surface area contributed by atoms with Gasteiger partial charge < -0.3 is 10.2 Å². The van der Waals surface area contributed by atoms with Gasteiger partial charge in [-0.15, -0.1) is 24.8 Å². The molecule has 4 nitrogen and oxygen atoms in total. The third-order valence-electron chi connectivity index (χ3n) is 2.54. The summed E-state index contributed by atoms with van der Waals surface area (Å²) in [6, 6.07) is 3.61. The molecule has 1 aromatic rings. The Morgan fingerprint density at radius 3 is 2.82 bits per heavy atom. The highest BCUT2D eigenvalue weighted by atomic mass is 35.5. The molecule has 1 aliphatic rings. The van der Waals surface area contributed by atoms with Gasteiger partial charge in [-0.05, 0) is 25.1 Å². The summed E-state index contributed by atoms with van der Waals surface area (Å²) in [4.78, 5) is 17.9. The highest BCUT2D eigenvalue weighted by Gasteiger charge is 2.16. The van der Waals surface area contributed by atoms with Crippen LogP contribution in [-0.4, -0.2) is 42.0 Å². The van der Waals surface area contributed by atoms with Crippen LogP contribution in [-0.2, 0) is 0 Å². The topological polar surface area (TPSA) is 45.2 Å². The highest BCUT2D eigenvalue weighted by molar-refractivity contribution is 5.93. The number of halogens is 2. The molecule has 0 spiro atoms. The molecular formula is C11H17Cl2N3O. The second-order valence-corrected chi connectivity index (χ2v) is 3.64. The first kappa shape index (κ1) is 16.2. The van der Waals surface area contributed by atoms with E-state index in [0.717, 1.165) is 32.6 Å². The quantitative estimate of drug-likeness (QED) is 0.843. The molecule has 17 heavy (non-hydrogen) atoms. The lowest BCUT2D eigenvalue weighted by Crippen LogP contribution is -2.34. The van der Waals surface area contributed by atoms with Crippen molar-refractivity contribution in [2.75, 3.05) is 26.2 Å². The van der Waals surface area contributed by atoms with E-state index < -0.39 is 0 Å². The van der Waals surface area contributed by atoms with E-state index in [1.807, 2.05) is 11.0 Å². The zero-order valence-corrected chi connectivity index (χ0v) is 11.1. The van der Waals surface area contributed by atoms with Gasteiger partial charge in [0, 0.05) is 32.0 Å². The Morgan fingerprint density at radius 1 is 1.29 bits per heavy atom. The maximum atomic E-state index is 12.0. The van der Waals surface area contributed by atoms with Crippen LogP contribution < -0.4 is 5.32 Å². The lowest BCUT2D eigenvalue weighted by molar-refractivity contribution is 0.0766. The van der Waals surface area contributed by atoms with E-state index in [0.29, 0.717) is 5.56 Å². The number of hydrogen-bond donors (Lipinski definition) is 1. The van der Waals surface area contributed by atoms with E-state index >= 15 is 0 Å². The van der Waals surface area contributed by atoms with Crippen molar-refractivity contribution in [1.29, 1.82) is 0 Å². The first-order chi connectivity index (χ1) is 7.38. The van der Waals surface area contributed by atoms with Gasteiger partial charge in [-0.3, -0.25) is 9.78 Å². The second-order valence-electron chi connectivity index (χ2n) is 3.64. The van der Waals surface area contributed by atoms with Crippen molar-refractivity contribution in [2.24, 2.45) is 0 Å². The molecule has 0 saturated carbocycles. The minimum Gasteiger partial charge on any atom is -0.337 e. The molecule has 0 aromatic carbocycles. The normalized spacial score (nSPS) is 15.2. The first-order valence-corrected chi connectivity index (χ1v) is 5.28. The molecule has 0 radical (unpaired) electrons. The standard InChI is InChI=1S/C11H15N3O.2ClH/c15-11(10-3-1-4-13-9-10)14-7-2-5-12-6-8-14;;/h1,3-4,9,12H,2,5-8H2;2*1H. The number of pyridine rings is 1. The fourth-order valence-electron chi connectivity index (χ4n) is 1.72. The van der Waals surface area contributed by atoms with Gasteiger partial charge in [0.15, 0.2) is 0 Å². The first-order valence-electron chi connectivity index (χ1n) is 5.28. The van der Waals surface area contributed by atoms with Gasteiger partial charge in [0.1, 0.15) is 0 Å². The summed E-state index contributed by atoms with van der Waals surface area (Å²) in [6.45, 7) is 3.50. The van der Waals surface area contributed by atoms with E-state index in [2.05, 4.69) is 10.3 Å². The van der Waals surface area contributed by atoms with E-state index in [1.165, 1.54) is 0 Å². The second kappa shape index (κ2) is 8.28. The summed E-state index contributed by atoms with van der Waals surface area (Å²) in [5.74, 6) is 0.0896. The van der Waals surface area contributed by atoms with Crippen LogP contribution in [0, 0.1) is 0 Å². The molecule has 1 aromatic heterocycles. The lowest BCUT2D eigenvalue weighted by Gasteiger charge is -2.19. The number of rotatable bonds is 1. The fourth-order valence-corrected chi connectivity index (χ4v) is 1.72. The summed E-state index contributed by atoms with van der Waals surface area (Å²) in [6.07, 6.45) is 4.33. The van der Waals surface area contributed by atoms with Crippen molar-refractivity contribution in [3.63, 3.8) is 0 Å². The van der Waals surface area contributed by atoms with Gasteiger partial charge >= 0.3 is 0 Å². The fraction of sp³-hybridized carbons (Fsp3) is 0.455. The molecule has 1 fully saturated rings. The predicted octanol–water partition coefficient (Wildman–Crippen LogP) is 1.36. The van der Waals surface area contributed by atoms with Crippen LogP contribution in [0.25, 0.3) is 0 Å². The number of amides is 1. The summed E-state index contributed by atoms with van der Waals surface area (Å²) >= 11 is 0. The van der Waals surface area contributed by atoms with E-state index in [4.69, 9.17) is 0 Å². The van der Waals surface area contributed by atoms with Gasteiger partial charge in [0.05, 0.1) is 5.56 Å². The smallest absolute Gasteiger partial charge is 0.255 e. The van der Waals surface area contributed by atoms with Gasteiger partial charge in [-0.25, -0.2) is 0 Å². The molecule has 1 amide bonds.